The van der Waals surface area contributed by atoms with Gasteiger partial charge in [-0.3, -0.25) is 14.4 Å². The largest absolute Gasteiger partial charge is 0.458 e. The number of hydrogen-bond donors (Lipinski definition) is 2. The summed E-state index contributed by atoms with van der Waals surface area (Å²) in [5.41, 5.74) is 0. The fraction of sp³-hybridized carbons (Fsp3) is 0.727. The second kappa shape index (κ2) is 5.27. The summed E-state index contributed by atoms with van der Waals surface area (Å²) < 4.78 is 4.60. The summed E-state index contributed by atoms with van der Waals surface area (Å²) in [5.74, 6) is -2.08. The molecular weight excluding hydrogens is 226 g/mol. The first kappa shape index (κ1) is 13.6. The maximum atomic E-state index is 11.6. The van der Waals surface area contributed by atoms with Gasteiger partial charge in [0.1, 0.15) is 6.61 Å². The number of aliphatic hydroxyl groups is 1. The van der Waals surface area contributed by atoms with E-state index >= 15 is 0 Å². The van der Waals surface area contributed by atoms with Gasteiger partial charge in [0.05, 0.1) is 18.1 Å². The fourth-order valence-electron chi connectivity index (χ4n) is 1.88. The highest BCUT2D eigenvalue weighted by molar-refractivity contribution is 5.91. The van der Waals surface area contributed by atoms with E-state index in [1.165, 1.54) is 13.8 Å². The van der Waals surface area contributed by atoms with E-state index in [0.717, 1.165) is 0 Å². The molecule has 6 heteroatoms. The van der Waals surface area contributed by atoms with E-state index in [9.17, 15) is 19.5 Å². The zero-order valence-electron chi connectivity index (χ0n) is 10.1. The molecule has 0 aromatic carbocycles. The van der Waals surface area contributed by atoms with Gasteiger partial charge in [0, 0.05) is 12.8 Å². The molecule has 0 unspecified atom stereocenters. The number of amides is 1. The highest BCUT2D eigenvalue weighted by Crippen LogP contribution is 2.26. The first-order valence-electron chi connectivity index (χ1n) is 5.49. The lowest BCUT2D eigenvalue weighted by Gasteiger charge is -2.41. The molecular formula is C11H17NO5. The third-order valence-corrected chi connectivity index (χ3v) is 2.98. The smallest absolute Gasteiger partial charge is 0.303 e. The molecule has 1 aliphatic rings. The number of esters is 1. The predicted octanol–water partition coefficient (Wildman–Crippen LogP) is -0.750. The monoisotopic (exact) mass is 243 g/mol. The molecule has 0 aromatic heterocycles. The molecule has 0 spiro atoms. The number of carbonyl (C=O) groups excluding carboxylic acids is 3. The van der Waals surface area contributed by atoms with Crippen molar-refractivity contribution in [1.82, 2.24) is 5.32 Å². The lowest BCUT2D eigenvalue weighted by molar-refractivity contribution is -0.151. The number of nitrogens with one attached hydrogen (secondary N) is 1. The molecule has 1 aliphatic heterocycles. The quantitative estimate of drug-likeness (QED) is 0.489. The topological polar surface area (TPSA) is 92.7 Å². The second-order valence-corrected chi connectivity index (χ2v) is 4.34. The highest BCUT2D eigenvalue weighted by atomic mass is 16.5. The minimum absolute atomic E-state index is 0.253. The molecule has 1 rings (SSSR count). The van der Waals surface area contributed by atoms with Gasteiger partial charge in [0.25, 0.3) is 0 Å². The van der Waals surface area contributed by atoms with Crippen molar-refractivity contribution < 1.29 is 24.2 Å². The number of hydrogen-bond acceptors (Lipinski definition) is 5. The van der Waals surface area contributed by atoms with Gasteiger partial charge in [-0.2, -0.15) is 0 Å². The van der Waals surface area contributed by atoms with Gasteiger partial charge in [-0.15, -0.1) is 0 Å². The van der Waals surface area contributed by atoms with E-state index in [4.69, 9.17) is 0 Å². The van der Waals surface area contributed by atoms with Crippen molar-refractivity contribution in [3.05, 3.63) is 0 Å². The Morgan fingerprint density at radius 3 is 2.47 bits per heavy atom. The Morgan fingerprint density at radius 1 is 1.47 bits per heavy atom. The average molecular weight is 243 g/mol. The molecule has 1 amide bonds. The zero-order chi connectivity index (χ0) is 13.2. The van der Waals surface area contributed by atoms with Gasteiger partial charge >= 0.3 is 5.97 Å². The van der Waals surface area contributed by atoms with Crippen LogP contribution in [0.5, 0.6) is 0 Å². The molecule has 4 atom stereocenters. The number of rotatable bonds is 5. The van der Waals surface area contributed by atoms with E-state index in [-0.39, 0.29) is 24.3 Å². The fourth-order valence-corrected chi connectivity index (χ4v) is 1.88. The zero-order valence-corrected chi connectivity index (χ0v) is 10.1. The van der Waals surface area contributed by atoms with E-state index < -0.39 is 23.9 Å². The maximum absolute atomic E-state index is 11.6. The van der Waals surface area contributed by atoms with Crippen LogP contribution >= 0.6 is 0 Å². The Morgan fingerprint density at radius 2 is 2.06 bits per heavy atom. The van der Waals surface area contributed by atoms with E-state index in [1.54, 1.807) is 6.92 Å². The Hall–Kier alpha value is -1.43. The number of aliphatic hydroxyl groups excluding tert-OH is 1. The first-order valence-corrected chi connectivity index (χ1v) is 5.49. The van der Waals surface area contributed by atoms with Crippen LogP contribution in [0.2, 0.25) is 0 Å². The highest BCUT2D eigenvalue weighted by Gasteiger charge is 2.46. The summed E-state index contributed by atoms with van der Waals surface area (Å²) >= 11 is 0. The number of β-lactam (4-membered cyclic amide) rings is 1. The van der Waals surface area contributed by atoms with Crippen LogP contribution in [-0.4, -0.2) is 41.5 Å². The number of ketones is 1. The lowest BCUT2D eigenvalue weighted by Crippen LogP contribution is -2.65. The summed E-state index contributed by atoms with van der Waals surface area (Å²) in [4.78, 5) is 33.4. The van der Waals surface area contributed by atoms with Gasteiger partial charge in [0.15, 0.2) is 5.78 Å². The van der Waals surface area contributed by atoms with Gasteiger partial charge in [-0.05, 0) is 6.92 Å². The van der Waals surface area contributed by atoms with Crippen LogP contribution in [0.25, 0.3) is 0 Å². The van der Waals surface area contributed by atoms with Crippen molar-refractivity contribution in [3.63, 3.8) is 0 Å². The van der Waals surface area contributed by atoms with Crippen LogP contribution < -0.4 is 5.32 Å². The molecule has 0 aliphatic carbocycles. The van der Waals surface area contributed by atoms with Crippen molar-refractivity contribution in [2.75, 3.05) is 6.61 Å². The van der Waals surface area contributed by atoms with Gasteiger partial charge in [0.2, 0.25) is 5.91 Å². The number of carbonyl (C=O) groups is 3. The predicted molar refractivity (Wildman–Crippen MR) is 57.9 cm³/mol. The molecule has 6 nitrogen and oxygen atoms in total. The summed E-state index contributed by atoms with van der Waals surface area (Å²) in [7, 11) is 0. The number of Topliss-reactive ketones (excluding diaryl/α,β-unsaturated/α-hetero) is 1. The van der Waals surface area contributed by atoms with Crippen molar-refractivity contribution in [1.29, 1.82) is 0 Å². The van der Waals surface area contributed by atoms with Crippen LogP contribution in [-0.2, 0) is 19.1 Å². The third kappa shape index (κ3) is 3.03. The Labute approximate surface area is 99.3 Å². The van der Waals surface area contributed by atoms with Crippen LogP contribution in [0.4, 0.5) is 0 Å². The summed E-state index contributed by atoms with van der Waals surface area (Å²) in [6, 6.07) is -0.384. The third-order valence-electron chi connectivity index (χ3n) is 2.98. The van der Waals surface area contributed by atoms with Crippen molar-refractivity contribution >= 4 is 17.7 Å². The van der Waals surface area contributed by atoms with Gasteiger partial charge in [-0.1, -0.05) is 6.92 Å². The normalized spacial score (nSPS) is 26.5. The Balaban J connectivity index is 2.53. The molecule has 0 bridgehead atoms. The molecule has 1 heterocycles. The van der Waals surface area contributed by atoms with Crippen LogP contribution in [0, 0.1) is 11.8 Å². The van der Waals surface area contributed by atoms with Crippen molar-refractivity contribution in [2.45, 2.75) is 32.9 Å². The molecule has 0 aromatic rings. The molecule has 96 valence electrons. The minimum Gasteiger partial charge on any atom is -0.458 e. The van der Waals surface area contributed by atoms with E-state index in [0.29, 0.717) is 0 Å². The molecule has 1 saturated heterocycles. The Bertz CT molecular complexity index is 339. The second-order valence-electron chi connectivity index (χ2n) is 4.34. The van der Waals surface area contributed by atoms with E-state index in [2.05, 4.69) is 10.1 Å². The molecule has 0 radical (unpaired) electrons. The lowest BCUT2D eigenvalue weighted by atomic mass is 9.77. The van der Waals surface area contributed by atoms with Gasteiger partial charge in [-0.25, -0.2) is 0 Å². The molecule has 1 fully saturated rings. The molecule has 17 heavy (non-hydrogen) atoms. The van der Waals surface area contributed by atoms with Crippen molar-refractivity contribution in [3.8, 4) is 0 Å². The van der Waals surface area contributed by atoms with Crippen LogP contribution in [0.1, 0.15) is 20.8 Å². The van der Waals surface area contributed by atoms with Crippen LogP contribution in [0.15, 0.2) is 0 Å². The Kier molecular flexibility index (Phi) is 4.22. The van der Waals surface area contributed by atoms with E-state index in [1.807, 2.05) is 0 Å². The summed E-state index contributed by atoms with van der Waals surface area (Å²) in [6.07, 6.45) is -0.794. The summed E-state index contributed by atoms with van der Waals surface area (Å²) in [6.45, 7) is 4.09. The average Bonchev–Trinajstić information content (AvgIpc) is 2.20. The van der Waals surface area contributed by atoms with Gasteiger partial charge < -0.3 is 15.2 Å². The first-order chi connectivity index (χ1) is 7.84. The van der Waals surface area contributed by atoms with Crippen LogP contribution in [0.3, 0.4) is 0 Å². The minimum atomic E-state index is -0.794. The molecule has 2 N–H and O–H groups in total. The number of ether oxygens (including phenoxy) is 1. The summed E-state index contributed by atoms with van der Waals surface area (Å²) in [5, 5.41) is 12.0. The standard InChI is InChI=1S/C11H17NO5/c1-5(8(15)4-17-7(3)14)10-9(6(2)13)11(16)12-10/h5-6,9-10,13H,4H2,1-3H3,(H,12,16)/t5-,6+,9+,10+/m0/s1. The maximum Gasteiger partial charge on any atom is 0.303 e. The van der Waals surface area contributed by atoms with Crippen molar-refractivity contribution in [2.24, 2.45) is 11.8 Å². The SMILES string of the molecule is CC(=O)OCC(=O)[C@H](C)[C@H]1NC(=O)[C@@H]1[C@@H](C)O. The molecule has 0 saturated carbocycles.